The van der Waals surface area contributed by atoms with E-state index in [-0.39, 0.29) is 0 Å². The number of para-hydroxylation sites is 1. The molecule has 254 valence electrons. The number of morpholine rings is 1. The lowest BCUT2D eigenvalue weighted by molar-refractivity contribution is -0.156. The summed E-state index contributed by atoms with van der Waals surface area (Å²) in [6, 6.07) is 16.2. The highest BCUT2D eigenvalue weighted by Gasteiger charge is 2.31. The average molecular weight is 647 g/mol. The first-order chi connectivity index (χ1) is 22.8. The van der Waals surface area contributed by atoms with Gasteiger partial charge in [-0.15, -0.1) is 0 Å². The van der Waals surface area contributed by atoms with Crippen LogP contribution in [0, 0.1) is 0 Å². The molecule has 0 atom stereocenters. The van der Waals surface area contributed by atoms with E-state index in [1.54, 1.807) is 21.0 Å². The van der Waals surface area contributed by atoms with Crippen molar-refractivity contribution in [2.45, 2.75) is 58.2 Å². The van der Waals surface area contributed by atoms with Gasteiger partial charge in [0.25, 0.3) is 0 Å². The third-order valence-electron chi connectivity index (χ3n) is 8.73. The Labute approximate surface area is 277 Å². The van der Waals surface area contributed by atoms with Gasteiger partial charge in [0, 0.05) is 45.1 Å². The second kappa shape index (κ2) is 16.4. The molecule has 4 aromatic rings. The lowest BCUT2D eigenvalue weighted by atomic mass is 10.1. The molecule has 0 aliphatic carbocycles. The second-order valence-corrected chi connectivity index (χ2v) is 12.7. The fourth-order valence-corrected chi connectivity index (χ4v) is 6.30. The summed E-state index contributed by atoms with van der Waals surface area (Å²) in [5.74, 6) is 1.68. The Kier molecular flexibility index (Phi) is 12.0. The van der Waals surface area contributed by atoms with E-state index in [0.717, 1.165) is 112 Å². The number of aromatic nitrogens is 3. The number of hydrogen-bond donors (Lipinski definition) is 1. The lowest BCUT2D eigenvalue weighted by Gasteiger charge is -2.28. The van der Waals surface area contributed by atoms with Crippen LogP contribution >= 0.6 is 0 Å². The van der Waals surface area contributed by atoms with Crippen molar-refractivity contribution in [2.24, 2.45) is 0 Å². The summed E-state index contributed by atoms with van der Waals surface area (Å²) in [7, 11) is 3.09. The van der Waals surface area contributed by atoms with Gasteiger partial charge < -0.3 is 29.2 Å². The van der Waals surface area contributed by atoms with Crippen molar-refractivity contribution in [3.8, 4) is 5.75 Å². The number of nitrogens with zero attached hydrogens (tertiary/aromatic N) is 5. The Morgan fingerprint density at radius 1 is 1.00 bits per heavy atom. The van der Waals surface area contributed by atoms with Gasteiger partial charge in [0.2, 0.25) is 0 Å². The van der Waals surface area contributed by atoms with Gasteiger partial charge in [-0.1, -0.05) is 30.3 Å². The van der Waals surface area contributed by atoms with Crippen molar-refractivity contribution in [3.05, 3.63) is 59.9 Å². The standard InChI is InChI=1S/C36H50N6O5/c1-36(2,35(43)45-4)47-28-12-9-11-27(25-28)26-41(18-10-17-40-20-23-46-24-21-40)16-7-8-19-42-31(15-22-44-3)39-32-33(42)29-13-5-6-14-30(29)38-34(32)37/h5-6,9,11-14,25H,7-8,10,15-24,26H2,1-4H3,(H2,37,38). The van der Waals surface area contributed by atoms with Crippen molar-refractivity contribution in [1.82, 2.24) is 24.3 Å². The number of aryl methyl sites for hydroxylation is 1. The quantitative estimate of drug-likeness (QED) is 0.128. The smallest absolute Gasteiger partial charge is 0.349 e. The van der Waals surface area contributed by atoms with Gasteiger partial charge in [-0.3, -0.25) is 9.80 Å². The van der Waals surface area contributed by atoms with E-state index in [1.807, 2.05) is 36.4 Å². The zero-order chi connectivity index (χ0) is 33.2. The zero-order valence-electron chi connectivity index (χ0n) is 28.4. The number of nitrogen functional groups attached to an aromatic ring is 1. The number of hydrogen-bond acceptors (Lipinski definition) is 10. The number of unbranched alkanes of at least 4 members (excludes halogenated alkanes) is 1. The maximum absolute atomic E-state index is 12.2. The SMILES string of the molecule is COCCc1nc2c(N)nc3ccccc3c2n1CCCCN(CCCN1CCOCC1)Cc1cccc(OC(C)(C)C(=O)OC)c1. The predicted molar refractivity (Wildman–Crippen MR) is 185 cm³/mol. The second-order valence-electron chi connectivity index (χ2n) is 12.7. The van der Waals surface area contributed by atoms with Crippen LogP contribution in [-0.2, 0) is 38.5 Å². The molecule has 1 aliphatic heterocycles. The van der Waals surface area contributed by atoms with Gasteiger partial charge in [0.15, 0.2) is 11.4 Å². The molecule has 0 radical (unpaired) electrons. The molecule has 2 aromatic heterocycles. The third-order valence-corrected chi connectivity index (χ3v) is 8.73. The Morgan fingerprint density at radius 3 is 2.57 bits per heavy atom. The number of methoxy groups -OCH3 is 2. The summed E-state index contributed by atoms with van der Waals surface area (Å²) in [5.41, 5.74) is 9.16. The summed E-state index contributed by atoms with van der Waals surface area (Å²) in [6.45, 7) is 12.3. The number of fused-ring (bicyclic) bond motifs is 3. The molecule has 5 rings (SSSR count). The first-order valence-electron chi connectivity index (χ1n) is 16.7. The van der Waals surface area contributed by atoms with Crippen LogP contribution in [0.5, 0.6) is 5.75 Å². The molecule has 1 saturated heterocycles. The molecule has 2 N–H and O–H groups in total. The molecule has 0 amide bonds. The molecule has 3 heterocycles. The summed E-state index contributed by atoms with van der Waals surface area (Å²) >= 11 is 0. The number of nitrogens with two attached hydrogens (primary N) is 1. The molecule has 0 bridgehead atoms. The first kappa shape index (κ1) is 34.6. The molecule has 1 fully saturated rings. The number of carbonyl (C=O) groups is 1. The average Bonchev–Trinajstić information content (AvgIpc) is 3.44. The fourth-order valence-electron chi connectivity index (χ4n) is 6.30. The van der Waals surface area contributed by atoms with Crippen molar-refractivity contribution in [1.29, 1.82) is 0 Å². The van der Waals surface area contributed by atoms with Crippen LogP contribution in [0.15, 0.2) is 48.5 Å². The highest BCUT2D eigenvalue weighted by atomic mass is 16.6. The minimum atomic E-state index is -1.07. The van der Waals surface area contributed by atoms with Crippen LogP contribution in [0.4, 0.5) is 5.82 Å². The summed E-state index contributed by atoms with van der Waals surface area (Å²) in [6.07, 6.45) is 3.79. The largest absolute Gasteiger partial charge is 0.476 e. The Morgan fingerprint density at radius 2 is 1.79 bits per heavy atom. The van der Waals surface area contributed by atoms with Crippen molar-refractivity contribution in [2.75, 3.05) is 72.5 Å². The van der Waals surface area contributed by atoms with E-state index in [0.29, 0.717) is 24.6 Å². The van der Waals surface area contributed by atoms with Crippen LogP contribution < -0.4 is 10.5 Å². The van der Waals surface area contributed by atoms with E-state index in [1.165, 1.54) is 7.11 Å². The Balaban J connectivity index is 1.28. The number of rotatable bonds is 17. The van der Waals surface area contributed by atoms with E-state index >= 15 is 0 Å². The van der Waals surface area contributed by atoms with Crippen molar-refractivity contribution in [3.63, 3.8) is 0 Å². The summed E-state index contributed by atoms with van der Waals surface area (Å²) < 4.78 is 24.3. The van der Waals surface area contributed by atoms with Crippen molar-refractivity contribution >= 4 is 33.7 Å². The number of benzene rings is 2. The van der Waals surface area contributed by atoms with Crippen molar-refractivity contribution < 1.29 is 23.7 Å². The molecule has 0 saturated carbocycles. The van der Waals surface area contributed by atoms with Crippen LogP contribution in [0.25, 0.3) is 21.9 Å². The molecule has 11 nitrogen and oxygen atoms in total. The third kappa shape index (κ3) is 8.98. The van der Waals surface area contributed by atoms with Gasteiger partial charge in [-0.2, -0.15) is 0 Å². The van der Waals surface area contributed by atoms with Gasteiger partial charge >= 0.3 is 5.97 Å². The van der Waals surface area contributed by atoms with E-state index in [9.17, 15) is 4.79 Å². The van der Waals surface area contributed by atoms with E-state index in [4.69, 9.17) is 29.7 Å². The van der Waals surface area contributed by atoms with Crippen LogP contribution in [0.3, 0.4) is 0 Å². The van der Waals surface area contributed by atoms with Gasteiger partial charge in [0.1, 0.15) is 17.1 Å². The van der Waals surface area contributed by atoms with E-state index < -0.39 is 11.6 Å². The van der Waals surface area contributed by atoms with Crippen LogP contribution in [0.1, 0.15) is 44.5 Å². The predicted octanol–water partition coefficient (Wildman–Crippen LogP) is 4.69. The van der Waals surface area contributed by atoms with Crippen LogP contribution in [-0.4, -0.2) is 103 Å². The Hall–Kier alpha value is -3.77. The number of esters is 1. The van der Waals surface area contributed by atoms with Gasteiger partial charge in [0.05, 0.1) is 38.0 Å². The minimum Gasteiger partial charge on any atom is -0.476 e. The molecular weight excluding hydrogens is 596 g/mol. The normalized spacial score (nSPS) is 14.3. The summed E-state index contributed by atoms with van der Waals surface area (Å²) in [5, 5.41) is 1.06. The molecule has 0 spiro atoms. The van der Waals surface area contributed by atoms with Crippen LogP contribution in [0.2, 0.25) is 0 Å². The van der Waals surface area contributed by atoms with Gasteiger partial charge in [-0.05, 0) is 76.5 Å². The zero-order valence-corrected chi connectivity index (χ0v) is 28.4. The Bertz CT molecular complexity index is 1620. The molecular formula is C36H50N6O5. The number of ether oxygens (including phenoxy) is 4. The summed E-state index contributed by atoms with van der Waals surface area (Å²) in [4.78, 5) is 26.8. The first-order valence-corrected chi connectivity index (χ1v) is 16.7. The number of pyridine rings is 1. The monoisotopic (exact) mass is 646 g/mol. The molecule has 47 heavy (non-hydrogen) atoms. The minimum absolute atomic E-state index is 0.407. The highest BCUT2D eigenvalue weighted by molar-refractivity contribution is 6.06. The lowest BCUT2D eigenvalue weighted by Crippen LogP contribution is -2.39. The number of imidazole rings is 1. The maximum Gasteiger partial charge on any atom is 0.349 e. The molecule has 11 heteroatoms. The molecule has 0 unspecified atom stereocenters. The maximum atomic E-state index is 12.2. The number of carbonyl (C=O) groups excluding carboxylic acids is 1. The highest BCUT2D eigenvalue weighted by Crippen LogP contribution is 2.29. The molecule has 2 aromatic carbocycles. The van der Waals surface area contributed by atoms with Gasteiger partial charge in [-0.25, -0.2) is 14.8 Å². The van der Waals surface area contributed by atoms with E-state index in [2.05, 4.69) is 31.5 Å². The topological polar surface area (TPSA) is 117 Å². The fraction of sp³-hybridized carbons (Fsp3) is 0.528. The molecule has 1 aliphatic rings. The number of anilines is 1.